The van der Waals surface area contributed by atoms with Gasteiger partial charge in [0.25, 0.3) is 0 Å². The fourth-order valence-corrected chi connectivity index (χ4v) is 3.38. The van der Waals surface area contributed by atoms with Gasteiger partial charge in [0.2, 0.25) is 11.8 Å². The molecule has 0 aromatic carbocycles. The summed E-state index contributed by atoms with van der Waals surface area (Å²) in [4.78, 5) is 11.7. The lowest BCUT2D eigenvalue weighted by Gasteiger charge is -1.98. The lowest BCUT2D eigenvalue weighted by Crippen LogP contribution is -2.14. The number of amides is 1. The third kappa shape index (κ3) is 4.18. The van der Waals surface area contributed by atoms with Crippen LogP contribution in [0.1, 0.15) is 25.7 Å². The third-order valence-corrected chi connectivity index (χ3v) is 5.10. The van der Waals surface area contributed by atoms with Crippen LogP contribution >= 0.6 is 34.9 Å². The van der Waals surface area contributed by atoms with Crippen molar-refractivity contribution in [2.75, 3.05) is 17.3 Å². The highest BCUT2D eigenvalue weighted by atomic mass is 32.2. The highest BCUT2D eigenvalue weighted by Gasteiger charge is 2.13. The minimum absolute atomic E-state index is 0.126. The van der Waals surface area contributed by atoms with Crippen LogP contribution in [-0.2, 0) is 4.79 Å². The van der Waals surface area contributed by atoms with Crippen molar-refractivity contribution in [3.63, 3.8) is 0 Å². The number of nitrogens with one attached hydrogen (secondary N) is 1. The van der Waals surface area contributed by atoms with E-state index in [0.717, 1.165) is 8.68 Å². The normalized spacial score (nSPS) is 11.0. The van der Waals surface area contributed by atoms with Crippen molar-refractivity contribution >= 4 is 46.8 Å². The number of hydrogen-bond acceptors (Lipinski definition) is 9. The second kappa shape index (κ2) is 7.04. The fourth-order valence-electron chi connectivity index (χ4n) is 1.14. The number of hydrogen-bond donors (Lipinski definition) is 1. The second-order valence-electron chi connectivity index (χ2n) is 3.98. The van der Waals surface area contributed by atoms with E-state index < -0.39 is 0 Å². The Hall–Kier alpha value is -1.13. The van der Waals surface area contributed by atoms with Gasteiger partial charge < -0.3 is 4.42 Å². The van der Waals surface area contributed by atoms with Crippen LogP contribution in [0, 0.1) is 0 Å². The maximum absolute atomic E-state index is 11.7. The first-order valence-corrected chi connectivity index (χ1v) is 8.74. The minimum Gasteiger partial charge on any atom is -0.408 e. The van der Waals surface area contributed by atoms with Gasteiger partial charge in [0.15, 0.2) is 8.68 Å². The molecule has 0 unspecified atom stereocenters. The lowest BCUT2D eigenvalue weighted by molar-refractivity contribution is -0.113. The van der Waals surface area contributed by atoms with Crippen molar-refractivity contribution in [3.8, 4) is 0 Å². The van der Waals surface area contributed by atoms with E-state index in [0.29, 0.717) is 5.89 Å². The molecule has 0 saturated heterocycles. The summed E-state index contributed by atoms with van der Waals surface area (Å²) in [5.41, 5.74) is 0. The molecule has 0 aliphatic carbocycles. The van der Waals surface area contributed by atoms with E-state index in [-0.39, 0.29) is 23.6 Å². The Morgan fingerprint density at radius 3 is 2.65 bits per heavy atom. The number of carbonyl (C=O) groups is 1. The first-order valence-electron chi connectivity index (χ1n) is 5.72. The summed E-state index contributed by atoms with van der Waals surface area (Å²) in [5, 5.41) is 18.1. The number of anilines is 1. The van der Waals surface area contributed by atoms with Crippen molar-refractivity contribution in [2.45, 2.75) is 28.4 Å². The molecule has 1 N–H and O–H groups in total. The Balaban J connectivity index is 1.82. The molecule has 0 aliphatic rings. The summed E-state index contributed by atoms with van der Waals surface area (Å²) in [5.74, 6) is 0.646. The topological polar surface area (TPSA) is 93.8 Å². The van der Waals surface area contributed by atoms with E-state index in [1.165, 1.54) is 34.9 Å². The summed E-state index contributed by atoms with van der Waals surface area (Å²) < 4.78 is 6.94. The van der Waals surface area contributed by atoms with Gasteiger partial charge in [0.05, 0.1) is 5.75 Å². The Bertz CT molecular complexity index is 583. The molecule has 2 rings (SSSR count). The molecule has 2 aromatic rings. The van der Waals surface area contributed by atoms with Crippen LogP contribution in [0.4, 0.5) is 6.01 Å². The Morgan fingerprint density at radius 2 is 2.05 bits per heavy atom. The zero-order chi connectivity index (χ0) is 14.5. The maximum Gasteiger partial charge on any atom is 0.322 e. The number of thioether (sulfide) groups is 2. The van der Waals surface area contributed by atoms with Crippen LogP contribution in [0.2, 0.25) is 0 Å². The molecule has 2 heterocycles. The van der Waals surface area contributed by atoms with Gasteiger partial charge in [-0.15, -0.1) is 15.3 Å². The molecule has 20 heavy (non-hydrogen) atoms. The van der Waals surface area contributed by atoms with E-state index >= 15 is 0 Å². The minimum atomic E-state index is -0.213. The van der Waals surface area contributed by atoms with Gasteiger partial charge in [-0.25, -0.2) is 0 Å². The molecule has 0 bridgehead atoms. The smallest absolute Gasteiger partial charge is 0.322 e. The number of nitrogens with zero attached hydrogens (tertiary/aromatic N) is 4. The molecular formula is C10H13N5O2S3. The SMILES string of the molecule is CSc1nnc(SCC(=O)Nc2nnc(C(C)C)o2)s1. The predicted octanol–water partition coefficient (Wildman–Crippen LogP) is 2.50. The van der Waals surface area contributed by atoms with Crippen LogP contribution < -0.4 is 5.32 Å². The second-order valence-corrected chi connectivity index (χ2v) is 7.23. The summed E-state index contributed by atoms with van der Waals surface area (Å²) in [6.45, 7) is 3.88. The largest absolute Gasteiger partial charge is 0.408 e. The molecule has 0 aliphatic heterocycles. The van der Waals surface area contributed by atoms with Crippen molar-refractivity contribution in [2.24, 2.45) is 0 Å². The van der Waals surface area contributed by atoms with Gasteiger partial charge >= 0.3 is 6.01 Å². The highest BCUT2D eigenvalue weighted by molar-refractivity contribution is 8.03. The summed E-state index contributed by atoms with van der Waals surface area (Å²) in [6, 6.07) is 0.126. The van der Waals surface area contributed by atoms with Crippen LogP contribution in [0.15, 0.2) is 13.1 Å². The molecule has 0 saturated carbocycles. The quantitative estimate of drug-likeness (QED) is 0.807. The molecule has 0 radical (unpaired) electrons. The Labute approximate surface area is 128 Å². The lowest BCUT2D eigenvalue weighted by atomic mass is 10.2. The Kier molecular flexibility index (Phi) is 5.38. The highest BCUT2D eigenvalue weighted by Crippen LogP contribution is 2.27. The van der Waals surface area contributed by atoms with E-state index in [4.69, 9.17) is 4.42 Å². The van der Waals surface area contributed by atoms with Crippen LogP contribution in [0.25, 0.3) is 0 Å². The molecule has 0 spiro atoms. The van der Waals surface area contributed by atoms with Gasteiger partial charge in [-0.2, -0.15) is 0 Å². The van der Waals surface area contributed by atoms with Gasteiger partial charge in [-0.05, 0) is 6.26 Å². The van der Waals surface area contributed by atoms with Crippen molar-refractivity contribution < 1.29 is 9.21 Å². The van der Waals surface area contributed by atoms with E-state index in [1.807, 2.05) is 20.1 Å². The zero-order valence-electron chi connectivity index (χ0n) is 11.1. The summed E-state index contributed by atoms with van der Waals surface area (Å²) in [7, 11) is 0. The van der Waals surface area contributed by atoms with Gasteiger partial charge in [0.1, 0.15) is 0 Å². The molecule has 0 atom stereocenters. The van der Waals surface area contributed by atoms with Gasteiger partial charge in [-0.3, -0.25) is 10.1 Å². The monoisotopic (exact) mass is 331 g/mol. The maximum atomic E-state index is 11.7. The number of carbonyl (C=O) groups excluding carboxylic acids is 1. The summed E-state index contributed by atoms with van der Waals surface area (Å²) in [6.07, 6.45) is 1.93. The van der Waals surface area contributed by atoms with Crippen molar-refractivity contribution in [1.29, 1.82) is 0 Å². The number of aromatic nitrogens is 4. The molecular weight excluding hydrogens is 318 g/mol. The van der Waals surface area contributed by atoms with Gasteiger partial charge in [0, 0.05) is 5.92 Å². The molecule has 10 heteroatoms. The van der Waals surface area contributed by atoms with Gasteiger partial charge in [-0.1, -0.05) is 53.8 Å². The molecule has 7 nitrogen and oxygen atoms in total. The molecule has 1 amide bonds. The Morgan fingerprint density at radius 1 is 1.30 bits per heavy atom. The average Bonchev–Trinajstić information content (AvgIpc) is 3.04. The number of rotatable bonds is 6. The average molecular weight is 331 g/mol. The fraction of sp³-hybridized carbons (Fsp3) is 0.500. The molecule has 2 aromatic heterocycles. The van der Waals surface area contributed by atoms with E-state index in [1.54, 1.807) is 0 Å². The van der Waals surface area contributed by atoms with Crippen LogP contribution in [0.5, 0.6) is 0 Å². The van der Waals surface area contributed by atoms with Crippen LogP contribution in [-0.4, -0.2) is 38.3 Å². The van der Waals surface area contributed by atoms with E-state index in [9.17, 15) is 4.79 Å². The van der Waals surface area contributed by atoms with Crippen molar-refractivity contribution in [3.05, 3.63) is 5.89 Å². The van der Waals surface area contributed by atoms with E-state index in [2.05, 4.69) is 25.7 Å². The molecule has 0 fully saturated rings. The summed E-state index contributed by atoms with van der Waals surface area (Å²) >= 11 is 4.32. The first-order chi connectivity index (χ1) is 9.58. The third-order valence-electron chi connectivity index (χ3n) is 2.07. The first kappa shape index (κ1) is 15.3. The van der Waals surface area contributed by atoms with Crippen LogP contribution in [0.3, 0.4) is 0 Å². The molecule has 108 valence electrons. The predicted molar refractivity (Wildman–Crippen MR) is 79.4 cm³/mol. The zero-order valence-corrected chi connectivity index (χ0v) is 13.6. The van der Waals surface area contributed by atoms with Crippen molar-refractivity contribution in [1.82, 2.24) is 20.4 Å². The standard InChI is InChI=1S/C10H13N5O2S3/c1-5(2)7-12-13-8(17-7)11-6(16)4-19-10-15-14-9(18-3)20-10/h5H,4H2,1-3H3,(H,11,13,16).